The molecule has 1 nitrogen and oxygen atoms in total. The Labute approximate surface area is 142 Å². The van der Waals surface area contributed by atoms with Crippen LogP contribution in [0.3, 0.4) is 0 Å². The summed E-state index contributed by atoms with van der Waals surface area (Å²) in [6.07, 6.45) is 5.26. The van der Waals surface area contributed by atoms with Crippen molar-refractivity contribution >= 4 is 27.7 Å². The van der Waals surface area contributed by atoms with Gasteiger partial charge >= 0.3 is 0 Å². The summed E-state index contributed by atoms with van der Waals surface area (Å²) in [5.41, 5.74) is 0. The molecule has 3 heteroatoms. The smallest absolute Gasteiger partial charge is 0.0311 e. The molecule has 0 radical (unpaired) electrons. The molecule has 118 valence electrons. The van der Waals surface area contributed by atoms with Crippen molar-refractivity contribution < 1.29 is 0 Å². The van der Waals surface area contributed by atoms with E-state index in [1.54, 1.807) is 0 Å². The highest BCUT2D eigenvalue weighted by Gasteiger charge is 2.32. The first-order chi connectivity index (χ1) is 10.1. The van der Waals surface area contributed by atoms with Crippen LogP contribution in [0.5, 0.6) is 0 Å². The van der Waals surface area contributed by atoms with Crippen molar-refractivity contribution in [3.63, 3.8) is 0 Å². The molecule has 0 heterocycles. The minimum Gasteiger partial charge on any atom is -0.313 e. The average Bonchev–Trinajstić information content (AvgIpc) is 2.48. The maximum Gasteiger partial charge on any atom is 0.0311 e. The fraction of sp³-hybridized carbons (Fsp3) is 0.667. The number of hydrogen-bond acceptors (Lipinski definition) is 2. The SMILES string of the molecule is CCCNC1CCC(C(C)C)CC1Sc1ccccc1Br. The normalized spacial score (nSPS) is 26.2. The third-order valence-corrected chi connectivity index (χ3v) is 6.93. The quantitative estimate of drug-likeness (QED) is 0.686. The van der Waals surface area contributed by atoms with E-state index in [2.05, 4.69) is 78.0 Å². The molecule has 0 amide bonds. The highest BCUT2D eigenvalue weighted by molar-refractivity contribution is 9.10. The largest absolute Gasteiger partial charge is 0.313 e. The minimum absolute atomic E-state index is 0.664. The summed E-state index contributed by atoms with van der Waals surface area (Å²) in [6, 6.07) is 9.30. The topological polar surface area (TPSA) is 12.0 Å². The highest BCUT2D eigenvalue weighted by Crippen LogP contribution is 2.41. The van der Waals surface area contributed by atoms with Crippen LogP contribution in [0.25, 0.3) is 0 Å². The molecule has 1 aliphatic carbocycles. The summed E-state index contributed by atoms with van der Waals surface area (Å²) in [7, 11) is 0. The molecule has 0 aliphatic heterocycles. The van der Waals surface area contributed by atoms with Gasteiger partial charge in [0, 0.05) is 20.7 Å². The van der Waals surface area contributed by atoms with Crippen molar-refractivity contribution in [2.75, 3.05) is 6.54 Å². The Kier molecular flexibility index (Phi) is 7.11. The summed E-state index contributed by atoms with van der Waals surface area (Å²) in [6.45, 7) is 8.15. The van der Waals surface area contributed by atoms with Crippen LogP contribution < -0.4 is 5.32 Å². The van der Waals surface area contributed by atoms with Gasteiger partial charge in [-0.05, 0) is 72.1 Å². The zero-order valence-electron chi connectivity index (χ0n) is 13.4. The lowest BCUT2D eigenvalue weighted by molar-refractivity contribution is 0.246. The standard InChI is InChI=1S/C18H28BrNS/c1-4-11-20-16-10-9-14(13(2)3)12-18(16)21-17-8-6-5-7-15(17)19/h5-8,13-14,16,18,20H,4,9-12H2,1-3H3. The molecule has 1 aromatic carbocycles. The molecule has 0 aromatic heterocycles. The van der Waals surface area contributed by atoms with E-state index < -0.39 is 0 Å². The second-order valence-electron chi connectivity index (χ2n) is 6.46. The molecule has 1 aromatic rings. The van der Waals surface area contributed by atoms with Crippen molar-refractivity contribution in [3.8, 4) is 0 Å². The van der Waals surface area contributed by atoms with Crippen LogP contribution >= 0.6 is 27.7 Å². The molecule has 0 saturated heterocycles. The Balaban J connectivity index is 2.07. The maximum atomic E-state index is 3.78. The first-order valence-electron chi connectivity index (χ1n) is 8.26. The lowest BCUT2D eigenvalue weighted by Gasteiger charge is -2.38. The molecule has 21 heavy (non-hydrogen) atoms. The predicted molar refractivity (Wildman–Crippen MR) is 98.0 cm³/mol. The maximum absolute atomic E-state index is 3.78. The molecular formula is C18H28BrNS. The molecule has 0 bridgehead atoms. The van der Waals surface area contributed by atoms with Crippen LogP contribution in [0.15, 0.2) is 33.6 Å². The van der Waals surface area contributed by atoms with Crippen molar-refractivity contribution in [2.24, 2.45) is 11.8 Å². The number of halogens is 1. The number of benzene rings is 1. The number of nitrogens with one attached hydrogen (secondary N) is 1. The molecule has 3 atom stereocenters. The first-order valence-corrected chi connectivity index (χ1v) is 9.93. The predicted octanol–water partition coefficient (Wildman–Crippen LogP) is 5.73. The fourth-order valence-electron chi connectivity index (χ4n) is 3.16. The summed E-state index contributed by atoms with van der Waals surface area (Å²) >= 11 is 5.76. The van der Waals surface area contributed by atoms with Crippen molar-refractivity contribution in [1.29, 1.82) is 0 Å². The van der Waals surface area contributed by atoms with Crippen LogP contribution in [0.4, 0.5) is 0 Å². The summed E-state index contributed by atoms with van der Waals surface area (Å²) in [4.78, 5) is 1.38. The molecule has 2 rings (SSSR count). The van der Waals surface area contributed by atoms with E-state index >= 15 is 0 Å². The molecule has 1 saturated carbocycles. The van der Waals surface area contributed by atoms with Gasteiger partial charge in [0.1, 0.15) is 0 Å². The summed E-state index contributed by atoms with van der Waals surface area (Å²) < 4.78 is 1.23. The molecule has 1 N–H and O–H groups in total. The monoisotopic (exact) mass is 369 g/mol. The van der Waals surface area contributed by atoms with Gasteiger partial charge in [0.25, 0.3) is 0 Å². The molecule has 1 aliphatic rings. The Hall–Kier alpha value is 0.01000. The van der Waals surface area contributed by atoms with E-state index in [1.807, 2.05) is 0 Å². The van der Waals surface area contributed by atoms with E-state index in [1.165, 1.54) is 35.1 Å². The number of rotatable bonds is 6. The number of hydrogen-bond donors (Lipinski definition) is 1. The zero-order chi connectivity index (χ0) is 15.2. The first kappa shape index (κ1) is 17.4. The zero-order valence-corrected chi connectivity index (χ0v) is 15.8. The Morgan fingerprint density at radius 1 is 1.29 bits per heavy atom. The second-order valence-corrected chi connectivity index (χ2v) is 8.60. The Morgan fingerprint density at radius 2 is 2.05 bits per heavy atom. The van der Waals surface area contributed by atoms with Gasteiger partial charge in [-0.1, -0.05) is 32.9 Å². The Bertz CT molecular complexity index is 435. The van der Waals surface area contributed by atoms with E-state index in [9.17, 15) is 0 Å². The lowest BCUT2D eigenvalue weighted by atomic mass is 9.79. The van der Waals surface area contributed by atoms with Gasteiger partial charge in [-0.25, -0.2) is 0 Å². The van der Waals surface area contributed by atoms with Crippen molar-refractivity contribution in [2.45, 2.75) is 62.6 Å². The molecular weight excluding hydrogens is 342 g/mol. The van der Waals surface area contributed by atoms with Crippen molar-refractivity contribution in [3.05, 3.63) is 28.7 Å². The molecule has 1 fully saturated rings. The third-order valence-electron chi connectivity index (χ3n) is 4.55. The van der Waals surface area contributed by atoms with Gasteiger partial charge in [0.2, 0.25) is 0 Å². The van der Waals surface area contributed by atoms with E-state index in [4.69, 9.17) is 0 Å². The molecule has 0 spiro atoms. The van der Waals surface area contributed by atoms with Gasteiger partial charge in [-0.3, -0.25) is 0 Å². The minimum atomic E-state index is 0.664. The van der Waals surface area contributed by atoms with Crippen LogP contribution in [-0.2, 0) is 0 Å². The number of thioether (sulfide) groups is 1. The highest BCUT2D eigenvalue weighted by atomic mass is 79.9. The fourth-order valence-corrected chi connectivity index (χ4v) is 5.13. The van der Waals surface area contributed by atoms with E-state index in [0.29, 0.717) is 11.3 Å². The summed E-state index contributed by atoms with van der Waals surface area (Å²) in [5.74, 6) is 1.68. The summed E-state index contributed by atoms with van der Waals surface area (Å²) in [5, 5.41) is 4.48. The van der Waals surface area contributed by atoms with Gasteiger partial charge < -0.3 is 5.32 Å². The molecule has 3 unspecified atom stereocenters. The van der Waals surface area contributed by atoms with Gasteiger partial charge in [-0.2, -0.15) is 0 Å². The van der Waals surface area contributed by atoms with E-state index in [-0.39, 0.29) is 0 Å². The van der Waals surface area contributed by atoms with Crippen LogP contribution in [-0.4, -0.2) is 17.8 Å². The lowest BCUT2D eigenvalue weighted by Crippen LogP contribution is -2.43. The second kappa shape index (κ2) is 8.59. The van der Waals surface area contributed by atoms with Crippen LogP contribution in [0.2, 0.25) is 0 Å². The van der Waals surface area contributed by atoms with E-state index in [0.717, 1.165) is 18.4 Å². The van der Waals surface area contributed by atoms with Crippen LogP contribution in [0.1, 0.15) is 46.5 Å². The third kappa shape index (κ3) is 5.01. The average molecular weight is 370 g/mol. The van der Waals surface area contributed by atoms with Gasteiger partial charge in [0.05, 0.1) is 0 Å². The van der Waals surface area contributed by atoms with Gasteiger partial charge in [0.15, 0.2) is 0 Å². The Morgan fingerprint density at radius 3 is 2.71 bits per heavy atom. The van der Waals surface area contributed by atoms with Crippen LogP contribution in [0, 0.1) is 11.8 Å². The van der Waals surface area contributed by atoms with Crippen molar-refractivity contribution in [1.82, 2.24) is 5.32 Å². The van der Waals surface area contributed by atoms with Gasteiger partial charge in [-0.15, -0.1) is 11.8 Å².